The predicted molar refractivity (Wildman–Crippen MR) is 152 cm³/mol. The lowest BCUT2D eigenvalue weighted by atomic mass is 9.83. The standard InChI is InChI=1S/C29H42N4O4Si/c1-19(2)25(34)37-18-23(20-12-9-8-10-13-20)31-27(36)33-17-21-22(28(33,3)4)16-30-24(21)32-26(35)29(14-11-15-29)38(5,6)7/h8-10,12-13,19,23H,11,14-18H2,1-7H3,(H,31,36)(H,30,32,35)/t23-/m1/s1. The molecule has 0 radical (unpaired) electrons. The van der Waals surface area contributed by atoms with E-state index in [9.17, 15) is 14.4 Å². The fraction of sp³-hybridized carbons (Fsp3) is 0.586. The first-order chi connectivity index (χ1) is 17.8. The highest BCUT2D eigenvalue weighted by Crippen LogP contribution is 2.55. The minimum Gasteiger partial charge on any atom is -0.463 e. The van der Waals surface area contributed by atoms with Crippen LogP contribution in [0.25, 0.3) is 0 Å². The number of benzene rings is 1. The molecule has 0 unspecified atom stereocenters. The van der Waals surface area contributed by atoms with Crippen molar-refractivity contribution in [2.75, 3.05) is 19.7 Å². The lowest BCUT2D eigenvalue weighted by molar-refractivity contribution is -0.148. The SMILES string of the molecule is CC(C)C(=O)OC[C@@H](NC(=O)N1CC2=C(CN=C2NC(=O)C2([Si](C)(C)C)CCC2)C1(C)C)c1ccccc1. The number of nitrogens with zero attached hydrogens (tertiary/aromatic N) is 2. The number of hydrogen-bond acceptors (Lipinski definition) is 5. The van der Waals surface area contributed by atoms with Crippen molar-refractivity contribution in [1.29, 1.82) is 0 Å². The summed E-state index contributed by atoms with van der Waals surface area (Å²) in [5.74, 6) is 0.150. The maximum atomic E-state index is 13.7. The molecule has 1 saturated carbocycles. The van der Waals surface area contributed by atoms with Crippen LogP contribution >= 0.6 is 0 Å². The van der Waals surface area contributed by atoms with Gasteiger partial charge in [-0.15, -0.1) is 0 Å². The first kappa shape index (κ1) is 28.1. The van der Waals surface area contributed by atoms with Crippen molar-refractivity contribution >= 4 is 31.8 Å². The van der Waals surface area contributed by atoms with Crippen molar-refractivity contribution in [2.45, 2.75) is 83.2 Å². The average molecular weight is 539 g/mol. The second-order valence-corrected chi connectivity index (χ2v) is 18.1. The van der Waals surface area contributed by atoms with Gasteiger partial charge >= 0.3 is 12.0 Å². The van der Waals surface area contributed by atoms with E-state index >= 15 is 0 Å². The molecule has 1 atom stereocenters. The van der Waals surface area contributed by atoms with Crippen LogP contribution in [0.5, 0.6) is 0 Å². The zero-order valence-corrected chi connectivity index (χ0v) is 24.8. The Hall–Kier alpha value is -2.94. The van der Waals surface area contributed by atoms with Crippen LogP contribution in [0, 0.1) is 5.92 Å². The first-order valence-corrected chi connectivity index (χ1v) is 17.2. The fourth-order valence-corrected chi connectivity index (χ4v) is 8.32. The van der Waals surface area contributed by atoms with Gasteiger partial charge in [-0.3, -0.25) is 14.6 Å². The highest BCUT2D eigenvalue weighted by atomic mass is 28.3. The largest absolute Gasteiger partial charge is 0.463 e. The molecular weight excluding hydrogens is 496 g/mol. The molecule has 3 amide bonds. The molecule has 1 aromatic carbocycles. The molecule has 0 spiro atoms. The lowest BCUT2D eigenvalue weighted by Crippen LogP contribution is -2.55. The van der Waals surface area contributed by atoms with Crippen molar-refractivity contribution in [2.24, 2.45) is 10.9 Å². The summed E-state index contributed by atoms with van der Waals surface area (Å²) in [5.41, 5.74) is 2.28. The summed E-state index contributed by atoms with van der Waals surface area (Å²) in [7, 11) is -1.72. The van der Waals surface area contributed by atoms with Gasteiger partial charge < -0.3 is 20.3 Å². The van der Waals surface area contributed by atoms with E-state index in [1.165, 1.54) is 0 Å². The van der Waals surface area contributed by atoms with E-state index in [1.54, 1.807) is 18.7 Å². The van der Waals surface area contributed by atoms with Crippen LogP contribution in [0.3, 0.4) is 0 Å². The van der Waals surface area contributed by atoms with Gasteiger partial charge in [-0.2, -0.15) is 0 Å². The molecule has 0 bridgehead atoms. The van der Waals surface area contributed by atoms with E-state index in [2.05, 4.69) is 35.3 Å². The second-order valence-electron chi connectivity index (χ2n) is 12.6. The lowest BCUT2D eigenvalue weighted by Gasteiger charge is -2.49. The Bertz CT molecular complexity index is 1160. The highest BCUT2D eigenvalue weighted by Gasteiger charge is 2.54. The van der Waals surface area contributed by atoms with Gasteiger partial charge in [-0.05, 0) is 37.8 Å². The number of esters is 1. The first-order valence-electron chi connectivity index (χ1n) is 13.7. The molecule has 0 saturated heterocycles. The molecule has 0 aromatic heterocycles. The number of ether oxygens (including phenoxy) is 1. The van der Waals surface area contributed by atoms with Gasteiger partial charge in [0.1, 0.15) is 12.4 Å². The van der Waals surface area contributed by atoms with Gasteiger partial charge in [-0.25, -0.2) is 4.79 Å². The summed E-state index contributed by atoms with van der Waals surface area (Å²) in [6.07, 6.45) is 2.97. The molecule has 9 heteroatoms. The maximum Gasteiger partial charge on any atom is 0.319 e. The molecule has 2 N–H and O–H groups in total. The van der Waals surface area contributed by atoms with Gasteiger partial charge in [0.05, 0.1) is 38.7 Å². The molecule has 1 aliphatic carbocycles. The number of hydrogen-bond donors (Lipinski definition) is 2. The van der Waals surface area contributed by atoms with E-state index in [1.807, 2.05) is 44.2 Å². The van der Waals surface area contributed by atoms with Gasteiger partial charge in [0.2, 0.25) is 5.91 Å². The Kier molecular flexibility index (Phi) is 7.62. The van der Waals surface area contributed by atoms with Crippen LogP contribution in [-0.2, 0) is 14.3 Å². The third kappa shape index (κ3) is 5.05. The minimum absolute atomic E-state index is 0.0513. The van der Waals surface area contributed by atoms with Crippen LogP contribution in [0.1, 0.15) is 58.6 Å². The van der Waals surface area contributed by atoms with Gasteiger partial charge in [-0.1, -0.05) is 70.2 Å². The number of amides is 3. The zero-order chi connectivity index (χ0) is 27.9. The molecule has 8 nitrogen and oxygen atoms in total. The molecule has 3 aliphatic rings. The Labute approximate surface area is 227 Å². The summed E-state index contributed by atoms with van der Waals surface area (Å²) >= 11 is 0. The fourth-order valence-electron chi connectivity index (χ4n) is 5.73. The second kappa shape index (κ2) is 10.3. The van der Waals surface area contributed by atoms with Crippen molar-refractivity contribution < 1.29 is 19.1 Å². The summed E-state index contributed by atoms with van der Waals surface area (Å²) in [4.78, 5) is 45.8. The normalized spacial score (nSPS) is 20.4. The summed E-state index contributed by atoms with van der Waals surface area (Å²) in [5, 5.41) is 6.02. The molecular formula is C29H42N4O4Si. The molecule has 4 rings (SSSR count). The third-order valence-electron chi connectivity index (χ3n) is 8.69. The van der Waals surface area contributed by atoms with Crippen molar-refractivity contribution in [3.63, 3.8) is 0 Å². The molecule has 206 valence electrons. The van der Waals surface area contributed by atoms with Gasteiger partial charge in [0.25, 0.3) is 0 Å². The number of amidine groups is 1. The van der Waals surface area contributed by atoms with E-state index in [4.69, 9.17) is 4.74 Å². The van der Waals surface area contributed by atoms with E-state index in [-0.39, 0.29) is 35.5 Å². The average Bonchev–Trinajstić information content (AvgIpc) is 3.32. The van der Waals surface area contributed by atoms with Crippen LogP contribution in [0.2, 0.25) is 24.7 Å². The Morgan fingerprint density at radius 3 is 2.32 bits per heavy atom. The molecule has 1 aromatic rings. The number of carbonyl (C=O) groups is 3. The van der Waals surface area contributed by atoms with E-state index in [0.29, 0.717) is 18.9 Å². The van der Waals surface area contributed by atoms with E-state index in [0.717, 1.165) is 36.0 Å². The van der Waals surface area contributed by atoms with Crippen LogP contribution in [0.4, 0.5) is 4.79 Å². The molecule has 38 heavy (non-hydrogen) atoms. The summed E-state index contributed by atoms with van der Waals surface area (Å²) in [6.45, 7) is 15.3. The third-order valence-corrected chi connectivity index (χ3v) is 12.3. The van der Waals surface area contributed by atoms with Crippen LogP contribution in [0.15, 0.2) is 46.5 Å². The topological polar surface area (TPSA) is 100 Å². The Morgan fingerprint density at radius 1 is 1.11 bits per heavy atom. The monoisotopic (exact) mass is 538 g/mol. The maximum absolute atomic E-state index is 13.7. The van der Waals surface area contributed by atoms with Crippen molar-refractivity contribution in [1.82, 2.24) is 15.5 Å². The minimum atomic E-state index is -1.72. The molecule has 1 fully saturated rings. The van der Waals surface area contributed by atoms with E-state index < -0.39 is 19.7 Å². The van der Waals surface area contributed by atoms with Gasteiger partial charge in [0.15, 0.2) is 0 Å². The Balaban J connectivity index is 1.48. The van der Waals surface area contributed by atoms with Crippen molar-refractivity contribution in [3.8, 4) is 0 Å². The van der Waals surface area contributed by atoms with Crippen molar-refractivity contribution in [3.05, 3.63) is 47.0 Å². The zero-order valence-electron chi connectivity index (χ0n) is 23.8. The summed E-state index contributed by atoms with van der Waals surface area (Å²) in [6, 6.07) is 8.80. The van der Waals surface area contributed by atoms with Crippen LogP contribution < -0.4 is 10.6 Å². The number of rotatable bonds is 7. The molecule has 2 heterocycles. The smallest absolute Gasteiger partial charge is 0.319 e. The highest BCUT2D eigenvalue weighted by molar-refractivity contribution is 6.82. The number of urea groups is 1. The number of nitrogens with one attached hydrogen (secondary N) is 2. The number of aliphatic imine (C=N–C) groups is 1. The Morgan fingerprint density at radius 2 is 1.76 bits per heavy atom. The molecule has 2 aliphatic heterocycles. The number of carbonyl (C=O) groups excluding carboxylic acids is 3. The predicted octanol–water partition coefficient (Wildman–Crippen LogP) is 4.82. The van der Waals surface area contributed by atoms with Gasteiger partial charge in [0, 0.05) is 10.6 Å². The summed E-state index contributed by atoms with van der Waals surface area (Å²) < 4.78 is 5.50. The van der Waals surface area contributed by atoms with Crippen LogP contribution in [-0.4, -0.2) is 62.0 Å². The quantitative estimate of drug-likeness (QED) is 0.384.